The number of aliphatic hydroxyl groups excluding tert-OH is 1. The predicted octanol–water partition coefficient (Wildman–Crippen LogP) is 1.52. The third kappa shape index (κ3) is 3.15. The number of aliphatic hydroxyl groups is 1. The lowest BCUT2D eigenvalue weighted by Gasteiger charge is -2.11. The minimum absolute atomic E-state index is 0.00191. The van der Waals surface area contributed by atoms with Gasteiger partial charge in [-0.25, -0.2) is 4.98 Å². The number of H-pyrrole nitrogens is 1. The Hall–Kier alpha value is -3.07. The predicted molar refractivity (Wildman–Crippen MR) is 90.1 cm³/mol. The Morgan fingerprint density at radius 1 is 1.17 bits per heavy atom. The third-order valence-electron chi connectivity index (χ3n) is 3.33. The number of hydrogen-bond donors (Lipinski definition) is 4. The number of ether oxygens (including phenoxy) is 2. The van der Waals surface area contributed by atoms with Gasteiger partial charge in [-0.2, -0.15) is 9.97 Å². The molecule has 3 rings (SSSR count). The molecule has 3 aromatic rings. The van der Waals surface area contributed by atoms with Gasteiger partial charge in [0.25, 0.3) is 0 Å². The molecule has 4 N–H and O–H groups in total. The van der Waals surface area contributed by atoms with Crippen LogP contribution in [0.4, 0.5) is 17.5 Å². The number of fused-ring (bicyclic) bond motifs is 1. The van der Waals surface area contributed by atoms with Gasteiger partial charge in [0, 0.05) is 18.3 Å². The third-order valence-corrected chi connectivity index (χ3v) is 3.33. The van der Waals surface area contributed by atoms with Gasteiger partial charge in [-0.1, -0.05) is 0 Å². The summed E-state index contributed by atoms with van der Waals surface area (Å²) in [4.78, 5) is 15.9. The number of aromatic amines is 1. The average molecular weight is 330 g/mol. The van der Waals surface area contributed by atoms with Gasteiger partial charge < -0.3 is 30.2 Å². The van der Waals surface area contributed by atoms with Crippen LogP contribution in [0.5, 0.6) is 11.5 Å². The van der Waals surface area contributed by atoms with Gasteiger partial charge in [-0.05, 0) is 12.1 Å². The fourth-order valence-corrected chi connectivity index (χ4v) is 2.23. The highest BCUT2D eigenvalue weighted by Gasteiger charge is 2.11. The Morgan fingerprint density at radius 3 is 2.75 bits per heavy atom. The summed E-state index contributed by atoms with van der Waals surface area (Å²) in [5, 5.41) is 15.1. The van der Waals surface area contributed by atoms with E-state index in [9.17, 15) is 0 Å². The number of benzene rings is 1. The summed E-state index contributed by atoms with van der Waals surface area (Å²) in [5.74, 6) is 2.18. The molecule has 0 atom stereocenters. The van der Waals surface area contributed by atoms with Crippen LogP contribution < -0.4 is 20.1 Å². The van der Waals surface area contributed by atoms with Crippen molar-refractivity contribution in [2.24, 2.45) is 0 Å². The van der Waals surface area contributed by atoms with Crippen LogP contribution >= 0.6 is 0 Å². The quantitative estimate of drug-likeness (QED) is 0.515. The van der Waals surface area contributed by atoms with Crippen molar-refractivity contribution in [2.75, 3.05) is 38.0 Å². The maximum absolute atomic E-state index is 8.99. The molecule has 0 saturated heterocycles. The summed E-state index contributed by atoms with van der Waals surface area (Å²) in [7, 11) is 3.16. The SMILES string of the molecule is COc1ccc(Nc2nc(NCCO)c3[nH]cnc3n2)cc1OC. The van der Waals surface area contributed by atoms with Crippen LogP contribution in [0.1, 0.15) is 0 Å². The number of rotatable bonds is 7. The first-order valence-electron chi connectivity index (χ1n) is 7.30. The highest BCUT2D eigenvalue weighted by molar-refractivity contribution is 5.84. The van der Waals surface area contributed by atoms with Crippen LogP contribution in [0.15, 0.2) is 24.5 Å². The smallest absolute Gasteiger partial charge is 0.231 e. The minimum atomic E-state index is -0.00191. The number of imidazole rings is 1. The van der Waals surface area contributed by atoms with E-state index in [2.05, 4.69) is 30.6 Å². The topological polar surface area (TPSA) is 117 Å². The van der Waals surface area contributed by atoms with E-state index < -0.39 is 0 Å². The summed E-state index contributed by atoms with van der Waals surface area (Å²) >= 11 is 0. The van der Waals surface area contributed by atoms with E-state index in [1.54, 1.807) is 32.7 Å². The van der Waals surface area contributed by atoms with E-state index >= 15 is 0 Å². The summed E-state index contributed by atoms with van der Waals surface area (Å²) in [6.07, 6.45) is 1.55. The van der Waals surface area contributed by atoms with E-state index in [1.807, 2.05) is 6.07 Å². The standard InChI is InChI=1S/C15H18N6O3/c1-23-10-4-3-9(7-11(10)24-2)19-15-20-13(16-5-6-22)12-14(21-15)18-8-17-12/h3-4,7-8,22H,5-6H2,1-2H3,(H3,16,17,18,19,20,21). The molecule has 0 aliphatic carbocycles. The monoisotopic (exact) mass is 330 g/mol. The Bertz CT molecular complexity index is 835. The highest BCUT2D eigenvalue weighted by Crippen LogP contribution is 2.31. The normalized spacial score (nSPS) is 10.6. The lowest BCUT2D eigenvalue weighted by Crippen LogP contribution is -2.09. The molecule has 2 heterocycles. The maximum atomic E-state index is 8.99. The largest absolute Gasteiger partial charge is 0.493 e. The summed E-state index contributed by atoms with van der Waals surface area (Å²) in [5.41, 5.74) is 1.95. The lowest BCUT2D eigenvalue weighted by atomic mass is 10.3. The van der Waals surface area contributed by atoms with Gasteiger partial charge in [0.1, 0.15) is 5.52 Å². The molecule has 0 spiro atoms. The van der Waals surface area contributed by atoms with E-state index in [0.717, 1.165) is 5.69 Å². The second kappa shape index (κ2) is 7.01. The first-order valence-corrected chi connectivity index (χ1v) is 7.30. The van der Waals surface area contributed by atoms with Gasteiger partial charge >= 0.3 is 0 Å². The van der Waals surface area contributed by atoms with Crippen LogP contribution in [-0.2, 0) is 0 Å². The van der Waals surface area contributed by atoms with Crippen molar-refractivity contribution in [3.63, 3.8) is 0 Å². The number of hydrogen-bond acceptors (Lipinski definition) is 8. The van der Waals surface area contributed by atoms with Crippen molar-refractivity contribution in [2.45, 2.75) is 0 Å². The Morgan fingerprint density at radius 2 is 2.00 bits per heavy atom. The number of methoxy groups -OCH3 is 2. The molecule has 0 amide bonds. The van der Waals surface area contributed by atoms with Gasteiger partial charge in [-0.3, -0.25) is 0 Å². The molecule has 0 fully saturated rings. The second-order valence-electron chi connectivity index (χ2n) is 4.84. The van der Waals surface area contributed by atoms with E-state index in [-0.39, 0.29) is 6.61 Å². The Labute approximate surface area is 138 Å². The molecule has 126 valence electrons. The van der Waals surface area contributed by atoms with Crippen LogP contribution in [0.3, 0.4) is 0 Å². The number of nitrogens with zero attached hydrogens (tertiary/aromatic N) is 3. The van der Waals surface area contributed by atoms with Gasteiger partial charge in [0.2, 0.25) is 5.95 Å². The van der Waals surface area contributed by atoms with Crippen molar-refractivity contribution in [3.8, 4) is 11.5 Å². The van der Waals surface area contributed by atoms with Crippen molar-refractivity contribution in [1.82, 2.24) is 19.9 Å². The van der Waals surface area contributed by atoms with Gasteiger partial charge in [0.05, 0.1) is 27.2 Å². The van der Waals surface area contributed by atoms with E-state index in [0.29, 0.717) is 41.0 Å². The van der Waals surface area contributed by atoms with Crippen molar-refractivity contribution in [1.29, 1.82) is 0 Å². The lowest BCUT2D eigenvalue weighted by molar-refractivity contribution is 0.311. The first-order chi connectivity index (χ1) is 11.7. The zero-order chi connectivity index (χ0) is 16.9. The molecular weight excluding hydrogens is 312 g/mol. The molecule has 0 saturated carbocycles. The first kappa shape index (κ1) is 15.8. The molecule has 9 heteroatoms. The molecule has 0 radical (unpaired) electrons. The molecule has 1 aromatic carbocycles. The number of anilines is 3. The molecule has 0 aliphatic heterocycles. The summed E-state index contributed by atoms with van der Waals surface area (Å²) in [6.45, 7) is 0.374. The van der Waals surface area contributed by atoms with Crippen LogP contribution in [-0.4, -0.2) is 52.4 Å². The molecule has 0 unspecified atom stereocenters. The molecule has 0 aliphatic rings. The number of aromatic nitrogens is 4. The zero-order valence-electron chi connectivity index (χ0n) is 13.3. The molecule has 9 nitrogen and oxygen atoms in total. The minimum Gasteiger partial charge on any atom is -0.493 e. The van der Waals surface area contributed by atoms with Crippen molar-refractivity contribution in [3.05, 3.63) is 24.5 Å². The van der Waals surface area contributed by atoms with Crippen LogP contribution in [0.2, 0.25) is 0 Å². The molecule has 0 bridgehead atoms. The molecule has 24 heavy (non-hydrogen) atoms. The Balaban J connectivity index is 1.92. The molecular formula is C15H18N6O3. The van der Waals surface area contributed by atoms with Crippen LogP contribution in [0, 0.1) is 0 Å². The number of nitrogens with one attached hydrogen (secondary N) is 3. The summed E-state index contributed by atoms with van der Waals surface area (Å²) < 4.78 is 10.5. The highest BCUT2D eigenvalue weighted by atomic mass is 16.5. The molecule has 2 aromatic heterocycles. The van der Waals surface area contributed by atoms with Gasteiger partial charge in [0.15, 0.2) is 23.0 Å². The maximum Gasteiger partial charge on any atom is 0.231 e. The fourth-order valence-electron chi connectivity index (χ4n) is 2.23. The Kier molecular flexibility index (Phi) is 4.62. The average Bonchev–Trinajstić information content (AvgIpc) is 3.08. The van der Waals surface area contributed by atoms with E-state index in [1.165, 1.54) is 0 Å². The van der Waals surface area contributed by atoms with Crippen molar-refractivity contribution < 1.29 is 14.6 Å². The zero-order valence-corrected chi connectivity index (χ0v) is 13.3. The fraction of sp³-hybridized carbons (Fsp3) is 0.267. The second-order valence-corrected chi connectivity index (χ2v) is 4.84. The van der Waals surface area contributed by atoms with Crippen LogP contribution in [0.25, 0.3) is 11.2 Å². The van der Waals surface area contributed by atoms with Gasteiger partial charge in [-0.15, -0.1) is 0 Å². The summed E-state index contributed by atoms with van der Waals surface area (Å²) in [6, 6.07) is 5.41. The van der Waals surface area contributed by atoms with E-state index in [4.69, 9.17) is 14.6 Å². The van der Waals surface area contributed by atoms with Crippen molar-refractivity contribution >= 4 is 28.6 Å².